The molecule has 0 bridgehead atoms. The van der Waals surface area contributed by atoms with Gasteiger partial charge in [-0.05, 0) is 31.0 Å². The summed E-state index contributed by atoms with van der Waals surface area (Å²) in [6.45, 7) is 0.501. The summed E-state index contributed by atoms with van der Waals surface area (Å²) in [6.07, 6.45) is 1.04. The van der Waals surface area contributed by atoms with E-state index in [1.807, 2.05) is 0 Å². The lowest BCUT2D eigenvalue weighted by atomic mass is 9.97. The highest BCUT2D eigenvalue weighted by atomic mass is 35.5. The first kappa shape index (κ1) is 13.2. The Morgan fingerprint density at radius 2 is 2.06 bits per heavy atom. The number of amides is 1. The second-order valence-corrected chi connectivity index (χ2v) is 4.94. The number of halogens is 2. The summed E-state index contributed by atoms with van der Waals surface area (Å²) >= 11 is 11.7. The van der Waals surface area contributed by atoms with Crippen molar-refractivity contribution in [2.24, 2.45) is 5.92 Å². The van der Waals surface area contributed by atoms with Gasteiger partial charge in [0.15, 0.2) is 0 Å². The Morgan fingerprint density at radius 3 is 2.67 bits per heavy atom. The van der Waals surface area contributed by atoms with E-state index >= 15 is 0 Å². The molecule has 1 N–H and O–H groups in total. The van der Waals surface area contributed by atoms with Crippen LogP contribution in [-0.2, 0) is 9.59 Å². The Labute approximate surface area is 114 Å². The zero-order chi connectivity index (χ0) is 13.3. The monoisotopic (exact) mass is 287 g/mol. The van der Waals surface area contributed by atoms with Gasteiger partial charge in [-0.2, -0.15) is 0 Å². The van der Waals surface area contributed by atoms with Crippen molar-refractivity contribution in [2.75, 3.05) is 11.4 Å². The van der Waals surface area contributed by atoms with Gasteiger partial charge in [0.2, 0.25) is 5.91 Å². The number of carboxylic acid groups (broad SMARTS) is 1. The summed E-state index contributed by atoms with van der Waals surface area (Å²) < 4.78 is 0. The van der Waals surface area contributed by atoms with E-state index in [0.717, 1.165) is 0 Å². The molecule has 1 aromatic carbocycles. The number of rotatable bonds is 2. The molecule has 1 unspecified atom stereocenters. The van der Waals surface area contributed by atoms with Crippen LogP contribution in [0.15, 0.2) is 18.2 Å². The van der Waals surface area contributed by atoms with Crippen LogP contribution in [0.2, 0.25) is 10.0 Å². The van der Waals surface area contributed by atoms with Crippen LogP contribution in [0.1, 0.15) is 12.8 Å². The zero-order valence-electron chi connectivity index (χ0n) is 9.40. The number of benzene rings is 1. The van der Waals surface area contributed by atoms with Crippen molar-refractivity contribution in [2.45, 2.75) is 12.8 Å². The van der Waals surface area contributed by atoms with Gasteiger partial charge < -0.3 is 10.0 Å². The second kappa shape index (κ2) is 5.16. The molecule has 0 aliphatic carbocycles. The normalized spacial score (nSPS) is 20.0. The quantitative estimate of drug-likeness (QED) is 0.851. The Bertz CT molecular complexity index is 504. The molecule has 1 fully saturated rings. The SMILES string of the molecule is O=C(O)C1CCCN(c2ccc(Cl)c(Cl)c2)C1=O. The Balaban J connectivity index is 2.29. The Hall–Kier alpha value is -1.26. The minimum Gasteiger partial charge on any atom is -0.481 e. The molecule has 4 nitrogen and oxygen atoms in total. The molecule has 1 saturated heterocycles. The standard InChI is InChI=1S/C12H11Cl2NO3/c13-9-4-3-7(6-10(9)14)15-5-1-2-8(11(15)16)12(17)18/h3-4,6,8H,1-2,5H2,(H,17,18). The van der Waals surface area contributed by atoms with Crippen molar-refractivity contribution in [1.29, 1.82) is 0 Å². The Kier molecular flexibility index (Phi) is 3.78. The van der Waals surface area contributed by atoms with E-state index in [0.29, 0.717) is 35.1 Å². The van der Waals surface area contributed by atoms with E-state index in [9.17, 15) is 9.59 Å². The van der Waals surface area contributed by atoms with Crippen molar-refractivity contribution in [3.05, 3.63) is 28.2 Å². The number of aliphatic carboxylic acids is 1. The highest BCUT2D eigenvalue weighted by molar-refractivity contribution is 6.42. The molecule has 1 atom stereocenters. The van der Waals surface area contributed by atoms with E-state index in [4.69, 9.17) is 28.3 Å². The number of hydrogen-bond donors (Lipinski definition) is 1. The van der Waals surface area contributed by atoms with E-state index in [-0.39, 0.29) is 0 Å². The van der Waals surface area contributed by atoms with Crippen molar-refractivity contribution in [3.8, 4) is 0 Å². The zero-order valence-corrected chi connectivity index (χ0v) is 10.9. The lowest BCUT2D eigenvalue weighted by Gasteiger charge is -2.30. The Morgan fingerprint density at radius 1 is 1.33 bits per heavy atom. The number of anilines is 1. The fraction of sp³-hybridized carbons (Fsp3) is 0.333. The number of nitrogens with zero attached hydrogens (tertiary/aromatic N) is 1. The fourth-order valence-corrected chi connectivity index (χ4v) is 2.31. The molecule has 1 aliphatic rings. The molecule has 1 amide bonds. The van der Waals surface area contributed by atoms with Crippen LogP contribution in [0.4, 0.5) is 5.69 Å². The van der Waals surface area contributed by atoms with Crippen LogP contribution in [0.3, 0.4) is 0 Å². The second-order valence-electron chi connectivity index (χ2n) is 4.12. The predicted octanol–water partition coefficient (Wildman–Crippen LogP) is 2.82. The third kappa shape index (κ3) is 2.44. The van der Waals surface area contributed by atoms with Gasteiger partial charge in [0.25, 0.3) is 0 Å². The average molecular weight is 288 g/mol. The summed E-state index contributed by atoms with van der Waals surface area (Å²) in [5.74, 6) is -2.44. The first-order valence-corrected chi connectivity index (χ1v) is 6.25. The maximum atomic E-state index is 12.0. The fourth-order valence-electron chi connectivity index (χ4n) is 2.01. The highest BCUT2D eigenvalue weighted by Gasteiger charge is 2.34. The molecule has 1 aliphatic heterocycles. The molecule has 0 saturated carbocycles. The van der Waals surface area contributed by atoms with Gasteiger partial charge in [-0.15, -0.1) is 0 Å². The molecule has 96 valence electrons. The molecule has 0 radical (unpaired) electrons. The summed E-state index contributed by atoms with van der Waals surface area (Å²) in [4.78, 5) is 24.4. The lowest BCUT2D eigenvalue weighted by Crippen LogP contribution is -2.44. The topological polar surface area (TPSA) is 57.6 Å². The van der Waals surface area contributed by atoms with Crippen molar-refractivity contribution in [1.82, 2.24) is 0 Å². The third-order valence-electron chi connectivity index (χ3n) is 2.95. The number of piperidine rings is 1. The van der Waals surface area contributed by atoms with Gasteiger partial charge in [-0.25, -0.2) is 0 Å². The van der Waals surface area contributed by atoms with Gasteiger partial charge >= 0.3 is 5.97 Å². The van der Waals surface area contributed by atoms with Gasteiger partial charge in [0.05, 0.1) is 10.0 Å². The van der Waals surface area contributed by atoms with Crippen LogP contribution >= 0.6 is 23.2 Å². The van der Waals surface area contributed by atoms with Gasteiger partial charge in [0, 0.05) is 12.2 Å². The third-order valence-corrected chi connectivity index (χ3v) is 3.69. The first-order valence-electron chi connectivity index (χ1n) is 5.50. The smallest absolute Gasteiger partial charge is 0.316 e. The molecule has 2 rings (SSSR count). The maximum absolute atomic E-state index is 12.0. The summed E-state index contributed by atoms with van der Waals surface area (Å²) in [5.41, 5.74) is 0.584. The summed E-state index contributed by atoms with van der Waals surface area (Å²) in [5, 5.41) is 9.73. The highest BCUT2D eigenvalue weighted by Crippen LogP contribution is 2.30. The van der Waals surface area contributed by atoms with Gasteiger partial charge in [0.1, 0.15) is 5.92 Å². The predicted molar refractivity (Wildman–Crippen MR) is 69.2 cm³/mol. The van der Waals surface area contributed by atoms with Crippen LogP contribution in [0.25, 0.3) is 0 Å². The first-order chi connectivity index (χ1) is 8.50. The van der Waals surface area contributed by atoms with Gasteiger partial charge in [-0.1, -0.05) is 23.2 Å². The average Bonchev–Trinajstić information content (AvgIpc) is 2.33. The number of hydrogen-bond acceptors (Lipinski definition) is 2. The van der Waals surface area contributed by atoms with Crippen LogP contribution in [0, 0.1) is 5.92 Å². The van der Waals surface area contributed by atoms with E-state index < -0.39 is 17.8 Å². The van der Waals surface area contributed by atoms with Crippen molar-refractivity contribution >= 4 is 40.8 Å². The van der Waals surface area contributed by atoms with E-state index in [1.165, 1.54) is 4.90 Å². The number of carbonyl (C=O) groups is 2. The molecule has 0 spiro atoms. The molecular formula is C12H11Cl2NO3. The number of carbonyl (C=O) groups excluding carboxylic acids is 1. The van der Waals surface area contributed by atoms with Crippen molar-refractivity contribution in [3.63, 3.8) is 0 Å². The molecule has 6 heteroatoms. The largest absolute Gasteiger partial charge is 0.481 e. The number of carboxylic acids is 1. The summed E-state index contributed by atoms with van der Waals surface area (Å²) in [7, 11) is 0. The molecule has 0 aromatic heterocycles. The van der Waals surface area contributed by atoms with Crippen LogP contribution in [0.5, 0.6) is 0 Å². The minimum absolute atomic E-state index is 0.347. The van der Waals surface area contributed by atoms with E-state index in [1.54, 1.807) is 18.2 Å². The molecular weight excluding hydrogens is 277 g/mol. The molecule has 18 heavy (non-hydrogen) atoms. The minimum atomic E-state index is -1.08. The lowest BCUT2D eigenvalue weighted by molar-refractivity contribution is -0.147. The summed E-state index contributed by atoms with van der Waals surface area (Å²) in [6, 6.07) is 4.83. The molecule has 1 aromatic rings. The molecule has 1 heterocycles. The van der Waals surface area contributed by atoms with Gasteiger partial charge in [-0.3, -0.25) is 9.59 Å². The maximum Gasteiger partial charge on any atom is 0.316 e. The van der Waals surface area contributed by atoms with Crippen LogP contribution in [-0.4, -0.2) is 23.5 Å². The van der Waals surface area contributed by atoms with E-state index in [2.05, 4.69) is 0 Å². The van der Waals surface area contributed by atoms with Crippen LogP contribution < -0.4 is 4.90 Å². The van der Waals surface area contributed by atoms with Crippen molar-refractivity contribution < 1.29 is 14.7 Å².